The molecule has 5 heteroatoms. The molecule has 1 unspecified atom stereocenters. The average Bonchev–Trinajstić information content (AvgIpc) is 3.12. The van der Waals surface area contributed by atoms with Crippen molar-refractivity contribution in [2.75, 3.05) is 13.1 Å². The van der Waals surface area contributed by atoms with E-state index in [1.54, 1.807) is 0 Å². The number of imidazole rings is 1. The van der Waals surface area contributed by atoms with E-state index in [0.29, 0.717) is 6.04 Å². The van der Waals surface area contributed by atoms with Gasteiger partial charge in [-0.25, -0.2) is 4.98 Å². The standard InChI is InChI=1S/C21H23N3O2/c1-16(26-18-7-3-2-4-8-18)21(25)23-13-11-17(12-14-23)24-15-22-19-9-5-6-10-20(19)24/h2-10,15-17H,11-14H2,1H3. The molecular formula is C21H23N3O2. The van der Waals surface area contributed by atoms with Gasteiger partial charge in [0, 0.05) is 19.1 Å². The summed E-state index contributed by atoms with van der Waals surface area (Å²) in [6.45, 7) is 3.32. The van der Waals surface area contributed by atoms with Gasteiger partial charge in [-0.15, -0.1) is 0 Å². The summed E-state index contributed by atoms with van der Waals surface area (Å²) in [5, 5.41) is 0. The van der Waals surface area contributed by atoms with Crippen molar-refractivity contribution in [2.45, 2.75) is 31.9 Å². The van der Waals surface area contributed by atoms with Gasteiger partial charge >= 0.3 is 0 Å². The first kappa shape index (κ1) is 16.6. The van der Waals surface area contributed by atoms with Gasteiger partial charge in [-0.3, -0.25) is 4.79 Å². The number of ether oxygens (including phenoxy) is 1. The Bertz CT molecular complexity index is 882. The number of benzene rings is 2. The average molecular weight is 349 g/mol. The highest BCUT2D eigenvalue weighted by atomic mass is 16.5. The smallest absolute Gasteiger partial charge is 0.263 e. The molecule has 1 saturated heterocycles. The summed E-state index contributed by atoms with van der Waals surface area (Å²) in [7, 11) is 0. The molecule has 0 aliphatic carbocycles. The number of aromatic nitrogens is 2. The lowest BCUT2D eigenvalue weighted by atomic mass is 10.0. The van der Waals surface area contributed by atoms with E-state index >= 15 is 0 Å². The molecule has 0 saturated carbocycles. The highest BCUT2D eigenvalue weighted by molar-refractivity contribution is 5.81. The number of hydrogen-bond acceptors (Lipinski definition) is 3. The van der Waals surface area contributed by atoms with E-state index in [4.69, 9.17) is 4.74 Å². The van der Waals surface area contributed by atoms with Gasteiger partial charge in [0.2, 0.25) is 0 Å². The van der Waals surface area contributed by atoms with Gasteiger partial charge in [-0.2, -0.15) is 0 Å². The Labute approximate surface area is 153 Å². The van der Waals surface area contributed by atoms with Crippen molar-refractivity contribution < 1.29 is 9.53 Å². The van der Waals surface area contributed by atoms with Gasteiger partial charge in [0.25, 0.3) is 5.91 Å². The van der Waals surface area contributed by atoms with E-state index in [1.165, 1.54) is 0 Å². The second kappa shape index (κ2) is 7.20. The maximum Gasteiger partial charge on any atom is 0.263 e. The molecule has 1 fully saturated rings. The topological polar surface area (TPSA) is 47.4 Å². The van der Waals surface area contributed by atoms with E-state index in [1.807, 2.05) is 66.7 Å². The minimum atomic E-state index is -0.469. The number of rotatable bonds is 4. The van der Waals surface area contributed by atoms with Gasteiger partial charge in [0.1, 0.15) is 5.75 Å². The Hall–Kier alpha value is -2.82. The first-order valence-electron chi connectivity index (χ1n) is 9.14. The maximum absolute atomic E-state index is 12.7. The van der Waals surface area contributed by atoms with Crippen LogP contribution in [0.4, 0.5) is 0 Å². The second-order valence-electron chi connectivity index (χ2n) is 6.77. The van der Waals surface area contributed by atoms with Crippen LogP contribution in [0.2, 0.25) is 0 Å². The van der Waals surface area contributed by atoms with Crippen LogP contribution in [-0.4, -0.2) is 39.6 Å². The Balaban J connectivity index is 1.38. The monoisotopic (exact) mass is 349 g/mol. The summed E-state index contributed by atoms with van der Waals surface area (Å²) >= 11 is 0. The van der Waals surface area contributed by atoms with Gasteiger partial charge in [-0.05, 0) is 44.0 Å². The van der Waals surface area contributed by atoms with E-state index in [0.717, 1.165) is 42.7 Å². The molecule has 1 aliphatic heterocycles. The van der Waals surface area contributed by atoms with Crippen LogP contribution >= 0.6 is 0 Å². The van der Waals surface area contributed by atoms with Gasteiger partial charge in [0.05, 0.1) is 17.4 Å². The first-order valence-corrected chi connectivity index (χ1v) is 9.14. The highest BCUT2D eigenvalue weighted by Gasteiger charge is 2.28. The number of piperidine rings is 1. The third kappa shape index (κ3) is 3.29. The van der Waals surface area contributed by atoms with Crippen LogP contribution in [-0.2, 0) is 4.79 Å². The van der Waals surface area contributed by atoms with Crippen molar-refractivity contribution in [3.8, 4) is 5.75 Å². The molecular weight excluding hydrogens is 326 g/mol. The van der Waals surface area contributed by atoms with Crippen molar-refractivity contribution in [1.29, 1.82) is 0 Å². The van der Waals surface area contributed by atoms with Gasteiger partial charge in [-0.1, -0.05) is 30.3 Å². The van der Waals surface area contributed by atoms with Crippen molar-refractivity contribution in [2.24, 2.45) is 0 Å². The SMILES string of the molecule is CC(Oc1ccccc1)C(=O)N1CCC(n2cnc3ccccc32)CC1. The predicted octanol–water partition coefficient (Wildman–Crippen LogP) is 3.67. The quantitative estimate of drug-likeness (QED) is 0.722. The zero-order chi connectivity index (χ0) is 17.9. The Morgan fingerprint density at radius 1 is 1.08 bits per heavy atom. The first-order chi connectivity index (χ1) is 12.7. The van der Waals surface area contributed by atoms with Crippen LogP contribution in [0.15, 0.2) is 60.9 Å². The molecule has 4 rings (SSSR count). The molecule has 1 aliphatic rings. The van der Waals surface area contributed by atoms with E-state index in [9.17, 15) is 4.79 Å². The fourth-order valence-corrected chi connectivity index (χ4v) is 3.64. The number of para-hydroxylation sites is 3. The van der Waals surface area contributed by atoms with Crippen LogP contribution in [0.1, 0.15) is 25.8 Å². The van der Waals surface area contributed by atoms with Crippen LogP contribution in [0, 0.1) is 0 Å². The number of nitrogens with zero attached hydrogens (tertiary/aromatic N) is 3. The Morgan fingerprint density at radius 3 is 2.54 bits per heavy atom. The molecule has 134 valence electrons. The zero-order valence-corrected chi connectivity index (χ0v) is 14.9. The lowest BCUT2D eigenvalue weighted by Crippen LogP contribution is -2.45. The molecule has 5 nitrogen and oxygen atoms in total. The van der Waals surface area contributed by atoms with Crippen molar-refractivity contribution >= 4 is 16.9 Å². The lowest BCUT2D eigenvalue weighted by molar-refractivity contribution is -0.139. The highest BCUT2D eigenvalue weighted by Crippen LogP contribution is 2.27. The minimum Gasteiger partial charge on any atom is -0.481 e. The van der Waals surface area contributed by atoms with E-state index in [2.05, 4.69) is 15.6 Å². The summed E-state index contributed by atoms with van der Waals surface area (Å²) in [4.78, 5) is 19.1. The molecule has 0 bridgehead atoms. The fraction of sp³-hybridized carbons (Fsp3) is 0.333. The number of likely N-dealkylation sites (tertiary alicyclic amines) is 1. The second-order valence-corrected chi connectivity index (χ2v) is 6.77. The molecule has 0 N–H and O–H groups in total. The molecule has 2 aromatic carbocycles. The van der Waals surface area contributed by atoms with Gasteiger partial charge < -0.3 is 14.2 Å². The normalized spacial score (nSPS) is 16.6. The summed E-state index contributed by atoms with van der Waals surface area (Å²) in [5.74, 6) is 0.788. The summed E-state index contributed by atoms with van der Waals surface area (Å²) in [6.07, 6.45) is 3.32. The Kier molecular flexibility index (Phi) is 4.61. The molecule has 1 aromatic heterocycles. The van der Waals surface area contributed by atoms with E-state index < -0.39 is 6.10 Å². The molecule has 1 atom stereocenters. The minimum absolute atomic E-state index is 0.0581. The van der Waals surface area contributed by atoms with Crippen molar-refractivity contribution in [3.63, 3.8) is 0 Å². The molecule has 0 radical (unpaired) electrons. The van der Waals surface area contributed by atoms with Gasteiger partial charge in [0.15, 0.2) is 6.10 Å². The summed E-state index contributed by atoms with van der Waals surface area (Å²) < 4.78 is 8.03. The lowest BCUT2D eigenvalue weighted by Gasteiger charge is -2.34. The molecule has 3 aromatic rings. The van der Waals surface area contributed by atoms with Crippen LogP contribution < -0.4 is 4.74 Å². The number of amides is 1. The van der Waals surface area contributed by atoms with Crippen molar-refractivity contribution in [3.05, 3.63) is 60.9 Å². The third-order valence-electron chi connectivity index (χ3n) is 5.05. The fourth-order valence-electron chi connectivity index (χ4n) is 3.64. The molecule has 0 spiro atoms. The summed E-state index contributed by atoms with van der Waals surface area (Å²) in [6, 6.07) is 18.1. The Morgan fingerprint density at radius 2 is 1.77 bits per heavy atom. The largest absolute Gasteiger partial charge is 0.481 e. The van der Waals surface area contributed by atoms with E-state index in [-0.39, 0.29) is 5.91 Å². The zero-order valence-electron chi connectivity index (χ0n) is 14.9. The van der Waals surface area contributed by atoms with Crippen LogP contribution in [0.25, 0.3) is 11.0 Å². The third-order valence-corrected chi connectivity index (χ3v) is 5.05. The number of hydrogen-bond donors (Lipinski definition) is 0. The maximum atomic E-state index is 12.7. The van der Waals surface area contributed by atoms with Crippen LogP contribution in [0.3, 0.4) is 0 Å². The predicted molar refractivity (Wildman–Crippen MR) is 101 cm³/mol. The molecule has 2 heterocycles. The number of carbonyl (C=O) groups is 1. The number of carbonyl (C=O) groups excluding carboxylic acids is 1. The summed E-state index contributed by atoms with van der Waals surface area (Å²) in [5.41, 5.74) is 2.19. The number of fused-ring (bicyclic) bond motifs is 1. The van der Waals surface area contributed by atoms with Crippen LogP contribution in [0.5, 0.6) is 5.75 Å². The molecule has 26 heavy (non-hydrogen) atoms. The molecule has 1 amide bonds. The van der Waals surface area contributed by atoms with Crippen molar-refractivity contribution in [1.82, 2.24) is 14.5 Å².